The monoisotopic (exact) mass is 358 g/mol. The van der Waals surface area contributed by atoms with Crippen molar-refractivity contribution in [1.29, 1.82) is 0 Å². The predicted octanol–water partition coefficient (Wildman–Crippen LogP) is 1.94. The van der Waals surface area contributed by atoms with Crippen LogP contribution < -0.4 is 10.0 Å². The van der Waals surface area contributed by atoms with Gasteiger partial charge in [-0.3, -0.25) is 4.99 Å². The van der Waals surface area contributed by atoms with E-state index in [0.717, 1.165) is 25.6 Å². The van der Waals surface area contributed by atoms with E-state index in [0.29, 0.717) is 12.0 Å². The Balaban J connectivity index is 2.03. The van der Waals surface area contributed by atoms with Gasteiger partial charge in [-0.1, -0.05) is 19.3 Å². The van der Waals surface area contributed by atoms with Gasteiger partial charge in [0.15, 0.2) is 5.96 Å². The summed E-state index contributed by atoms with van der Waals surface area (Å²) in [5, 5.41) is 3.38. The fraction of sp³-hybridized carbons (Fsp3) is 0.941. The molecule has 2 N–H and O–H groups in total. The summed E-state index contributed by atoms with van der Waals surface area (Å²) in [6.07, 6.45) is 9.20. The molecule has 1 saturated heterocycles. The van der Waals surface area contributed by atoms with Gasteiger partial charge in [0.25, 0.3) is 0 Å². The molecule has 1 spiro atoms. The van der Waals surface area contributed by atoms with Crippen molar-refractivity contribution < 1.29 is 8.42 Å². The smallest absolute Gasteiger partial charge is 0.209 e. The van der Waals surface area contributed by atoms with Crippen LogP contribution in [0, 0.1) is 5.41 Å². The third kappa shape index (κ3) is 5.62. The Hall–Kier alpha value is -0.820. The molecule has 6 nitrogen and oxygen atoms in total. The Bertz CT molecular complexity index is 551. The van der Waals surface area contributed by atoms with Gasteiger partial charge in [0.05, 0.1) is 12.8 Å². The molecule has 2 rings (SSSR count). The molecule has 140 valence electrons. The van der Waals surface area contributed by atoms with E-state index < -0.39 is 15.6 Å². The molecule has 2 aliphatic rings. The van der Waals surface area contributed by atoms with Crippen LogP contribution in [-0.4, -0.2) is 57.3 Å². The number of sulfonamides is 1. The largest absolute Gasteiger partial charge is 0.357 e. The number of nitrogens with zero attached hydrogens (tertiary/aromatic N) is 2. The van der Waals surface area contributed by atoms with Crippen LogP contribution in [-0.2, 0) is 10.0 Å². The second-order valence-electron chi connectivity index (χ2n) is 8.16. The maximum atomic E-state index is 11.5. The van der Waals surface area contributed by atoms with Crippen LogP contribution in [0.4, 0.5) is 0 Å². The number of aliphatic imine (C=N–C) groups is 1. The van der Waals surface area contributed by atoms with Gasteiger partial charge in [-0.05, 0) is 45.4 Å². The van der Waals surface area contributed by atoms with Crippen molar-refractivity contribution in [1.82, 2.24) is 14.9 Å². The molecule has 2 fully saturated rings. The van der Waals surface area contributed by atoms with Crippen LogP contribution in [0.3, 0.4) is 0 Å². The summed E-state index contributed by atoms with van der Waals surface area (Å²) in [6, 6.07) is 0. The van der Waals surface area contributed by atoms with Gasteiger partial charge in [0.1, 0.15) is 0 Å². The summed E-state index contributed by atoms with van der Waals surface area (Å²) in [4.78, 5) is 7.10. The summed E-state index contributed by atoms with van der Waals surface area (Å²) in [6.45, 7) is 9.18. The minimum absolute atomic E-state index is 0.423. The van der Waals surface area contributed by atoms with Crippen molar-refractivity contribution in [2.45, 2.75) is 64.8 Å². The Morgan fingerprint density at radius 1 is 1.21 bits per heavy atom. The first kappa shape index (κ1) is 19.5. The highest BCUT2D eigenvalue weighted by Crippen LogP contribution is 2.43. The molecule has 0 amide bonds. The van der Waals surface area contributed by atoms with E-state index in [9.17, 15) is 8.42 Å². The van der Waals surface area contributed by atoms with E-state index in [4.69, 9.17) is 4.99 Å². The van der Waals surface area contributed by atoms with E-state index in [-0.39, 0.29) is 0 Å². The highest BCUT2D eigenvalue weighted by molar-refractivity contribution is 7.88. The molecular weight excluding hydrogens is 324 g/mol. The van der Waals surface area contributed by atoms with Crippen molar-refractivity contribution in [3.8, 4) is 0 Å². The summed E-state index contributed by atoms with van der Waals surface area (Å²) in [7, 11) is -3.24. The average molecular weight is 359 g/mol. The number of hydrogen-bond donors (Lipinski definition) is 2. The lowest BCUT2D eigenvalue weighted by Crippen LogP contribution is -2.47. The van der Waals surface area contributed by atoms with E-state index in [1.54, 1.807) is 0 Å². The van der Waals surface area contributed by atoms with E-state index in [1.165, 1.54) is 44.8 Å². The van der Waals surface area contributed by atoms with Gasteiger partial charge in [0.2, 0.25) is 10.0 Å². The lowest BCUT2D eigenvalue weighted by Gasteiger charge is -2.34. The summed E-state index contributed by atoms with van der Waals surface area (Å²) in [5.74, 6) is 0.920. The summed E-state index contributed by atoms with van der Waals surface area (Å²) in [5.41, 5.74) is -0.106. The highest BCUT2D eigenvalue weighted by atomic mass is 32.2. The van der Waals surface area contributed by atoms with Gasteiger partial charge in [-0.15, -0.1) is 0 Å². The quantitative estimate of drug-likeness (QED) is 0.582. The van der Waals surface area contributed by atoms with Crippen LogP contribution in [0.25, 0.3) is 0 Å². The molecule has 1 heterocycles. The average Bonchev–Trinajstić information content (AvgIpc) is 2.85. The Labute approximate surface area is 147 Å². The molecule has 1 aliphatic carbocycles. The van der Waals surface area contributed by atoms with Gasteiger partial charge < -0.3 is 10.2 Å². The van der Waals surface area contributed by atoms with Crippen LogP contribution in [0.15, 0.2) is 4.99 Å². The van der Waals surface area contributed by atoms with Crippen molar-refractivity contribution >= 4 is 16.0 Å². The second kappa shape index (κ2) is 7.60. The van der Waals surface area contributed by atoms with Crippen LogP contribution in [0.1, 0.15) is 59.3 Å². The van der Waals surface area contributed by atoms with E-state index in [1.807, 2.05) is 13.8 Å². The van der Waals surface area contributed by atoms with E-state index in [2.05, 4.69) is 21.9 Å². The summed E-state index contributed by atoms with van der Waals surface area (Å²) >= 11 is 0. The Morgan fingerprint density at radius 2 is 1.88 bits per heavy atom. The maximum Gasteiger partial charge on any atom is 0.209 e. The topological polar surface area (TPSA) is 73.8 Å². The first-order chi connectivity index (χ1) is 11.1. The number of rotatable bonds is 5. The van der Waals surface area contributed by atoms with Crippen molar-refractivity contribution in [3.63, 3.8) is 0 Å². The number of likely N-dealkylation sites (tertiary alicyclic amines) is 1. The van der Waals surface area contributed by atoms with Crippen molar-refractivity contribution in [2.75, 3.05) is 32.4 Å². The Kier molecular flexibility index (Phi) is 6.18. The van der Waals surface area contributed by atoms with Crippen molar-refractivity contribution in [3.05, 3.63) is 0 Å². The molecule has 0 aromatic carbocycles. The fourth-order valence-electron chi connectivity index (χ4n) is 4.06. The van der Waals surface area contributed by atoms with Crippen LogP contribution >= 0.6 is 0 Å². The minimum Gasteiger partial charge on any atom is -0.357 e. The van der Waals surface area contributed by atoms with Crippen LogP contribution in [0.2, 0.25) is 0 Å². The molecule has 24 heavy (non-hydrogen) atoms. The maximum absolute atomic E-state index is 11.5. The molecular formula is C17H34N4O2S. The number of guanidine groups is 1. The van der Waals surface area contributed by atoms with Gasteiger partial charge in [-0.2, -0.15) is 0 Å². The molecule has 0 aromatic rings. The van der Waals surface area contributed by atoms with E-state index >= 15 is 0 Å². The molecule has 0 aromatic heterocycles. The third-order valence-corrected chi connectivity index (χ3v) is 6.00. The number of nitrogens with one attached hydrogen (secondary N) is 2. The standard InChI is InChI=1S/C17H34N4O2S/c1-5-18-15(19-13-16(2,3)20-24(4,22)23)21-12-11-17(14-21)9-7-6-8-10-17/h20H,5-14H2,1-4H3,(H,18,19). The third-order valence-electron chi connectivity index (χ3n) is 5.07. The zero-order valence-electron chi connectivity index (χ0n) is 15.7. The molecule has 0 radical (unpaired) electrons. The van der Waals surface area contributed by atoms with Crippen molar-refractivity contribution in [2.24, 2.45) is 10.4 Å². The molecule has 1 aliphatic heterocycles. The lowest BCUT2D eigenvalue weighted by molar-refractivity contribution is 0.203. The highest BCUT2D eigenvalue weighted by Gasteiger charge is 2.39. The zero-order chi connectivity index (χ0) is 17.8. The normalized spacial score (nSPS) is 22.2. The predicted molar refractivity (Wildman–Crippen MR) is 99.7 cm³/mol. The minimum atomic E-state index is -3.24. The molecule has 0 bridgehead atoms. The SMILES string of the molecule is CCNC(=NCC(C)(C)NS(C)(=O)=O)N1CCC2(CCCCC2)C1. The lowest BCUT2D eigenvalue weighted by atomic mass is 9.73. The van der Waals surface area contributed by atoms with Gasteiger partial charge in [-0.25, -0.2) is 13.1 Å². The molecule has 0 unspecified atom stereocenters. The van der Waals surface area contributed by atoms with Gasteiger partial charge in [0, 0.05) is 25.2 Å². The van der Waals surface area contributed by atoms with Crippen LogP contribution in [0.5, 0.6) is 0 Å². The van der Waals surface area contributed by atoms with Gasteiger partial charge >= 0.3 is 0 Å². The zero-order valence-corrected chi connectivity index (χ0v) is 16.5. The first-order valence-electron chi connectivity index (χ1n) is 9.17. The number of hydrogen-bond acceptors (Lipinski definition) is 3. The first-order valence-corrected chi connectivity index (χ1v) is 11.1. The molecule has 1 saturated carbocycles. The fourth-order valence-corrected chi connectivity index (χ4v) is 5.13. The Morgan fingerprint density at radius 3 is 2.46 bits per heavy atom. The second-order valence-corrected chi connectivity index (χ2v) is 9.91. The molecule has 7 heteroatoms. The molecule has 0 atom stereocenters. The summed E-state index contributed by atoms with van der Waals surface area (Å²) < 4.78 is 25.6.